The molecule has 2 heterocycles. The van der Waals surface area contributed by atoms with Crippen molar-refractivity contribution in [1.29, 1.82) is 0 Å². The lowest BCUT2D eigenvalue weighted by atomic mass is 10.2. The molecule has 0 spiro atoms. The largest absolute Gasteiger partial charge is 0.339 e. The van der Waals surface area contributed by atoms with E-state index in [0.717, 1.165) is 38.3 Å². The molecule has 2 aliphatic heterocycles. The van der Waals surface area contributed by atoms with Crippen LogP contribution in [0.2, 0.25) is 0 Å². The van der Waals surface area contributed by atoms with E-state index in [4.69, 9.17) is 0 Å². The van der Waals surface area contributed by atoms with Crippen LogP contribution in [0.4, 0.5) is 4.79 Å². The molecule has 2 fully saturated rings. The Bertz CT molecular complexity index is 599. The summed E-state index contributed by atoms with van der Waals surface area (Å²) in [6.45, 7) is 8.90. The second-order valence-electron chi connectivity index (χ2n) is 7.19. The predicted octanol–water partition coefficient (Wildman–Crippen LogP) is 1.87. The van der Waals surface area contributed by atoms with Crippen LogP contribution in [0.3, 0.4) is 0 Å². The summed E-state index contributed by atoms with van der Waals surface area (Å²) in [5.41, 5.74) is 1.12. The Balaban J connectivity index is 1.44. The molecular weight excluding hydrogens is 328 g/mol. The Morgan fingerprint density at radius 1 is 0.962 bits per heavy atom. The van der Waals surface area contributed by atoms with Gasteiger partial charge in [0.1, 0.15) is 6.54 Å². The molecule has 142 valence electrons. The van der Waals surface area contributed by atoms with Gasteiger partial charge in [0.15, 0.2) is 0 Å². The standard InChI is InChI=1S/C20H30N4O2/c1-2-3-9-21-10-12-22(13-11-21)19(25)17-24-15-14-23(20(24)26)16-18-7-5-4-6-8-18/h4-8H,2-3,9-17H2,1H3. The van der Waals surface area contributed by atoms with Crippen molar-refractivity contribution in [1.82, 2.24) is 19.6 Å². The molecular formula is C20H30N4O2. The molecule has 6 nitrogen and oxygen atoms in total. The maximum atomic E-state index is 12.6. The summed E-state index contributed by atoms with van der Waals surface area (Å²) in [6, 6.07) is 9.97. The first kappa shape index (κ1) is 18.7. The highest BCUT2D eigenvalue weighted by Gasteiger charge is 2.31. The van der Waals surface area contributed by atoms with Crippen LogP contribution in [-0.4, -0.2) is 83.9 Å². The quantitative estimate of drug-likeness (QED) is 0.748. The van der Waals surface area contributed by atoms with Crippen molar-refractivity contribution in [3.63, 3.8) is 0 Å². The summed E-state index contributed by atoms with van der Waals surface area (Å²) in [5.74, 6) is 0.0788. The Kier molecular flexibility index (Phi) is 6.50. The maximum absolute atomic E-state index is 12.6. The van der Waals surface area contributed by atoms with Crippen LogP contribution in [0, 0.1) is 0 Å². The van der Waals surface area contributed by atoms with E-state index in [0.29, 0.717) is 19.6 Å². The van der Waals surface area contributed by atoms with Gasteiger partial charge in [0.25, 0.3) is 0 Å². The van der Waals surface area contributed by atoms with Crippen LogP contribution in [-0.2, 0) is 11.3 Å². The van der Waals surface area contributed by atoms with Crippen LogP contribution in [0.25, 0.3) is 0 Å². The van der Waals surface area contributed by atoms with Crippen molar-refractivity contribution in [2.24, 2.45) is 0 Å². The molecule has 0 N–H and O–H groups in total. The molecule has 0 unspecified atom stereocenters. The number of nitrogens with zero attached hydrogens (tertiary/aromatic N) is 4. The average molecular weight is 358 g/mol. The van der Waals surface area contributed by atoms with Crippen molar-refractivity contribution in [3.8, 4) is 0 Å². The lowest BCUT2D eigenvalue weighted by molar-refractivity contribution is -0.133. The van der Waals surface area contributed by atoms with Crippen molar-refractivity contribution in [3.05, 3.63) is 35.9 Å². The van der Waals surface area contributed by atoms with Crippen molar-refractivity contribution in [2.75, 3.05) is 52.4 Å². The fourth-order valence-corrected chi connectivity index (χ4v) is 3.60. The number of benzene rings is 1. The van der Waals surface area contributed by atoms with E-state index in [1.54, 1.807) is 4.90 Å². The number of carbonyl (C=O) groups excluding carboxylic acids is 2. The second kappa shape index (κ2) is 9.03. The van der Waals surface area contributed by atoms with E-state index in [9.17, 15) is 9.59 Å². The number of piperazine rings is 1. The summed E-state index contributed by atoms with van der Waals surface area (Å²) in [7, 11) is 0. The fraction of sp³-hybridized carbons (Fsp3) is 0.600. The molecule has 6 heteroatoms. The third-order valence-corrected chi connectivity index (χ3v) is 5.28. The zero-order valence-electron chi connectivity index (χ0n) is 15.8. The molecule has 26 heavy (non-hydrogen) atoms. The molecule has 3 rings (SSSR count). The molecule has 0 saturated carbocycles. The minimum atomic E-state index is -0.0243. The molecule has 0 aromatic heterocycles. The number of amides is 3. The monoisotopic (exact) mass is 358 g/mol. The zero-order valence-corrected chi connectivity index (χ0v) is 15.8. The highest BCUT2D eigenvalue weighted by molar-refractivity contribution is 5.85. The van der Waals surface area contributed by atoms with Gasteiger partial charge in [0, 0.05) is 45.8 Å². The van der Waals surface area contributed by atoms with E-state index in [1.807, 2.05) is 40.1 Å². The Morgan fingerprint density at radius 3 is 2.35 bits per heavy atom. The highest BCUT2D eigenvalue weighted by Crippen LogP contribution is 2.14. The van der Waals surface area contributed by atoms with Gasteiger partial charge in [0.05, 0.1) is 0 Å². The van der Waals surface area contributed by atoms with Crippen molar-refractivity contribution < 1.29 is 9.59 Å². The van der Waals surface area contributed by atoms with E-state index >= 15 is 0 Å². The van der Waals surface area contributed by atoms with Gasteiger partial charge >= 0.3 is 6.03 Å². The first-order valence-corrected chi connectivity index (χ1v) is 9.75. The molecule has 0 bridgehead atoms. The average Bonchev–Trinajstić information content (AvgIpc) is 3.01. The van der Waals surface area contributed by atoms with Crippen LogP contribution >= 0.6 is 0 Å². The smallest absolute Gasteiger partial charge is 0.320 e. The first-order valence-electron chi connectivity index (χ1n) is 9.75. The summed E-state index contributed by atoms with van der Waals surface area (Å²) in [6.07, 6.45) is 2.42. The number of rotatable bonds is 7. The van der Waals surface area contributed by atoms with Crippen LogP contribution < -0.4 is 0 Å². The molecule has 1 aromatic carbocycles. The molecule has 1 aromatic rings. The predicted molar refractivity (Wildman–Crippen MR) is 102 cm³/mol. The lowest BCUT2D eigenvalue weighted by Gasteiger charge is -2.35. The SMILES string of the molecule is CCCCN1CCN(C(=O)CN2CCN(Cc3ccccc3)C2=O)CC1. The topological polar surface area (TPSA) is 47.1 Å². The third-order valence-electron chi connectivity index (χ3n) is 5.28. The van der Waals surface area contributed by atoms with E-state index in [1.165, 1.54) is 12.8 Å². The van der Waals surface area contributed by atoms with Gasteiger partial charge < -0.3 is 14.7 Å². The fourth-order valence-electron chi connectivity index (χ4n) is 3.60. The lowest BCUT2D eigenvalue weighted by Crippen LogP contribution is -2.51. The minimum absolute atomic E-state index is 0.0243. The zero-order chi connectivity index (χ0) is 18.4. The number of carbonyl (C=O) groups is 2. The normalized spacial score (nSPS) is 18.7. The second-order valence-corrected chi connectivity index (χ2v) is 7.19. The van der Waals surface area contributed by atoms with Gasteiger partial charge in [-0.2, -0.15) is 0 Å². The van der Waals surface area contributed by atoms with Crippen molar-refractivity contribution in [2.45, 2.75) is 26.3 Å². The van der Waals surface area contributed by atoms with Gasteiger partial charge in [-0.05, 0) is 18.5 Å². The Hall–Kier alpha value is -2.08. The summed E-state index contributed by atoms with van der Waals surface area (Å²) >= 11 is 0. The molecule has 3 amide bonds. The third kappa shape index (κ3) is 4.75. The molecule has 0 atom stereocenters. The van der Waals surface area contributed by atoms with Crippen LogP contribution in [0.1, 0.15) is 25.3 Å². The molecule has 0 aliphatic carbocycles. The Morgan fingerprint density at radius 2 is 1.65 bits per heavy atom. The number of unbranched alkanes of at least 4 members (excludes halogenated alkanes) is 1. The van der Waals surface area contributed by atoms with Gasteiger partial charge in [-0.1, -0.05) is 43.7 Å². The summed E-state index contributed by atoms with van der Waals surface area (Å²) in [4.78, 5) is 33.0. The molecule has 0 radical (unpaired) electrons. The first-order chi connectivity index (χ1) is 12.7. The van der Waals surface area contributed by atoms with Gasteiger partial charge in [-0.3, -0.25) is 9.69 Å². The van der Waals surface area contributed by atoms with Crippen molar-refractivity contribution >= 4 is 11.9 Å². The van der Waals surface area contributed by atoms with Crippen LogP contribution in [0.15, 0.2) is 30.3 Å². The molecule has 2 aliphatic rings. The van der Waals surface area contributed by atoms with E-state index in [2.05, 4.69) is 11.8 Å². The Labute approximate surface area is 156 Å². The number of hydrogen-bond acceptors (Lipinski definition) is 3. The van der Waals surface area contributed by atoms with E-state index < -0.39 is 0 Å². The molecule has 2 saturated heterocycles. The van der Waals surface area contributed by atoms with Gasteiger partial charge in [0.2, 0.25) is 5.91 Å². The van der Waals surface area contributed by atoms with Gasteiger partial charge in [-0.15, -0.1) is 0 Å². The van der Waals surface area contributed by atoms with E-state index in [-0.39, 0.29) is 18.5 Å². The number of hydrogen-bond donors (Lipinski definition) is 0. The maximum Gasteiger partial charge on any atom is 0.320 e. The summed E-state index contributed by atoms with van der Waals surface area (Å²) < 4.78 is 0. The summed E-state index contributed by atoms with van der Waals surface area (Å²) in [5, 5.41) is 0. The van der Waals surface area contributed by atoms with Crippen LogP contribution in [0.5, 0.6) is 0 Å². The highest BCUT2D eigenvalue weighted by atomic mass is 16.2. The minimum Gasteiger partial charge on any atom is -0.339 e. The number of urea groups is 1. The van der Waals surface area contributed by atoms with Gasteiger partial charge in [-0.25, -0.2) is 4.79 Å².